The van der Waals surface area contributed by atoms with E-state index >= 15 is 0 Å². The van der Waals surface area contributed by atoms with Crippen LogP contribution in [-0.4, -0.2) is 12.6 Å². The van der Waals surface area contributed by atoms with Crippen molar-refractivity contribution in [3.8, 4) is 5.75 Å². The lowest BCUT2D eigenvalue weighted by molar-refractivity contribution is 0.381. The van der Waals surface area contributed by atoms with Crippen molar-refractivity contribution in [2.24, 2.45) is 0 Å². The molecule has 1 aromatic carbocycles. The third-order valence-corrected chi connectivity index (χ3v) is 2.13. The first-order valence-corrected chi connectivity index (χ1v) is 5.09. The highest BCUT2D eigenvalue weighted by Gasteiger charge is 2.09. The van der Waals surface area contributed by atoms with Crippen LogP contribution in [0.15, 0.2) is 12.1 Å². The van der Waals surface area contributed by atoms with Gasteiger partial charge in [-0.15, -0.1) is 0 Å². The molecule has 0 aliphatic heterocycles. The highest BCUT2D eigenvalue weighted by atomic mass is 79.9. The fraction of sp³-hybridized carbons (Fsp3) is 0.333. The van der Waals surface area contributed by atoms with E-state index in [1.165, 1.54) is 7.11 Å². The summed E-state index contributed by atoms with van der Waals surface area (Å²) in [6.45, 7) is 0.276. The highest BCUT2D eigenvalue weighted by molar-refractivity contribution is 9.09. The molecule has 0 aromatic heterocycles. The Balaban J connectivity index is 2.90. The first kappa shape index (κ1) is 11.4. The SMILES string of the molecule is COc1cc(F)c(CNCBr)cc1F. The van der Waals surface area contributed by atoms with Crippen molar-refractivity contribution in [2.75, 3.05) is 12.6 Å². The van der Waals surface area contributed by atoms with Gasteiger partial charge in [0.25, 0.3) is 0 Å². The maximum absolute atomic E-state index is 13.2. The third kappa shape index (κ3) is 2.65. The number of alkyl halides is 1. The van der Waals surface area contributed by atoms with E-state index in [2.05, 4.69) is 26.0 Å². The average molecular weight is 266 g/mol. The van der Waals surface area contributed by atoms with Crippen LogP contribution in [0.25, 0.3) is 0 Å². The predicted molar refractivity (Wildman–Crippen MR) is 53.5 cm³/mol. The first-order valence-electron chi connectivity index (χ1n) is 3.97. The second-order valence-corrected chi connectivity index (χ2v) is 3.20. The van der Waals surface area contributed by atoms with Crippen molar-refractivity contribution >= 4 is 15.9 Å². The Morgan fingerprint density at radius 1 is 1.36 bits per heavy atom. The van der Waals surface area contributed by atoms with Gasteiger partial charge in [-0.25, -0.2) is 8.78 Å². The Morgan fingerprint density at radius 3 is 2.64 bits per heavy atom. The number of ether oxygens (including phenoxy) is 1. The van der Waals surface area contributed by atoms with Gasteiger partial charge in [0.15, 0.2) is 11.6 Å². The van der Waals surface area contributed by atoms with Crippen LogP contribution >= 0.6 is 15.9 Å². The molecule has 1 rings (SSSR count). The highest BCUT2D eigenvalue weighted by Crippen LogP contribution is 2.20. The van der Waals surface area contributed by atoms with Crippen molar-refractivity contribution in [2.45, 2.75) is 6.54 Å². The van der Waals surface area contributed by atoms with Gasteiger partial charge in [0.05, 0.1) is 12.6 Å². The van der Waals surface area contributed by atoms with Gasteiger partial charge in [-0.05, 0) is 6.07 Å². The largest absolute Gasteiger partial charge is 0.494 e. The maximum Gasteiger partial charge on any atom is 0.165 e. The van der Waals surface area contributed by atoms with E-state index in [0.29, 0.717) is 5.45 Å². The zero-order valence-electron chi connectivity index (χ0n) is 7.61. The molecule has 0 atom stereocenters. The number of methoxy groups -OCH3 is 1. The Hall–Kier alpha value is -0.680. The molecule has 0 amide bonds. The summed E-state index contributed by atoms with van der Waals surface area (Å²) in [6, 6.07) is 2.17. The molecule has 0 unspecified atom stereocenters. The molecule has 0 saturated carbocycles. The monoisotopic (exact) mass is 265 g/mol. The van der Waals surface area contributed by atoms with E-state index in [1.807, 2.05) is 0 Å². The van der Waals surface area contributed by atoms with Crippen LogP contribution in [0.1, 0.15) is 5.56 Å². The molecule has 14 heavy (non-hydrogen) atoms. The van der Waals surface area contributed by atoms with E-state index in [0.717, 1.165) is 12.1 Å². The Morgan fingerprint density at radius 2 is 2.07 bits per heavy atom. The topological polar surface area (TPSA) is 21.3 Å². The minimum Gasteiger partial charge on any atom is -0.494 e. The summed E-state index contributed by atoms with van der Waals surface area (Å²) in [5.41, 5.74) is 0.808. The molecule has 0 aliphatic carbocycles. The summed E-state index contributed by atoms with van der Waals surface area (Å²) in [7, 11) is 1.30. The molecule has 5 heteroatoms. The zero-order valence-corrected chi connectivity index (χ0v) is 9.20. The quantitative estimate of drug-likeness (QED) is 0.667. The molecule has 0 aliphatic rings. The molecule has 0 bridgehead atoms. The van der Waals surface area contributed by atoms with Gasteiger partial charge in [0.2, 0.25) is 0 Å². The molecule has 0 spiro atoms. The fourth-order valence-corrected chi connectivity index (χ4v) is 1.24. The van der Waals surface area contributed by atoms with E-state index < -0.39 is 11.6 Å². The fourth-order valence-electron chi connectivity index (χ4n) is 1.04. The summed E-state index contributed by atoms with van der Waals surface area (Å²) >= 11 is 3.13. The van der Waals surface area contributed by atoms with E-state index in [9.17, 15) is 8.78 Å². The second-order valence-electron chi connectivity index (χ2n) is 2.64. The van der Waals surface area contributed by atoms with Gasteiger partial charge >= 0.3 is 0 Å². The minimum absolute atomic E-state index is 0.0786. The van der Waals surface area contributed by atoms with Gasteiger partial charge < -0.3 is 10.1 Å². The smallest absolute Gasteiger partial charge is 0.165 e. The first-order chi connectivity index (χ1) is 6.69. The van der Waals surface area contributed by atoms with Crippen molar-refractivity contribution in [3.05, 3.63) is 29.3 Å². The lowest BCUT2D eigenvalue weighted by Crippen LogP contribution is -2.11. The van der Waals surface area contributed by atoms with Crippen LogP contribution in [0.5, 0.6) is 5.75 Å². The van der Waals surface area contributed by atoms with Crippen LogP contribution in [-0.2, 0) is 6.54 Å². The van der Waals surface area contributed by atoms with Crippen molar-refractivity contribution < 1.29 is 13.5 Å². The third-order valence-electron chi connectivity index (χ3n) is 1.73. The number of hydrogen-bond donors (Lipinski definition) is 1. The number of benzene rings is 1. The molecular formula is C9H10BrF2NO. The number of hydrogen-bond acceptors (Lipinski definition) is 2. The molecule has 78 valence electrons. The molecular weight excluding hydrogens is 256 g/mol. The van der Waals surface area contributed by atoms with Crippen LogP contribution in [0.3, 0.4) is 0 Å². The summed E-state index contributed by atoms with van der Waals surface area (Å²) in [5, 5.41) is 2.84. The van der Waals surface area contributed by atoms with Gasteiger partial charge in [-0.3, -0.25) is 0 Å². The molecule has 0 fully saturated rings. The molecule has 0 radical (unpaired) electrons. The van der Waals surface area contributed by atoms with E-state index in [4.69, 9.17) is 0 Å². The number of halogens is 3. The van der Waals surface area contributed by atoms with Gasteiger partial charge in [0, 0.05) is 18.2 Å². The number of nitrogens with one attached hydrogen (secondary N) is 1. The maximum atomic E-state index is 13.2. The normalized spacial score (nSPS) is 10.3. The van der Waals surface area contributed by atoms with Crippen LogP contribution < -0.4 is 10.1 Å². The zero-order chi connectivity index (χ0) is 10.6. The van der Waals surface area contributed by atoms with Crippen molar-refractivity contribution in [3.63, 3.8) is 0 Å². The van der Waals surface area contributed by atoms with Gasteiger partial charge in [-0.1, -0.05) is 15.9 Å². The Labute approximate surface area is 89.4 Å². The Bertz CT molecular complexity index is 320. The Kier molecular flexibility index (Phi) is 4.28. The van der Waals surface area contributed by atoms with Crippen LogP contribution in [0.2, 0.25) is 0 Å². The van der Waals surface area contributed by atoms with Crippen LogP contribution in [0, 0.1) is 11.6 Å². The van der Waals surface area contributed by atoms with E-state index in [-0.39, 0.29) is 17.9 Å². The average Bonchev–Trinajstić information content (AvgIpc) is 2.18. The molecule has 1 N–H and O–H groups in total. The predicted octanol–water partition coefficient (Wildman–Crippen LogP) is 2.42. The standard InChI is InChI=1S/C9H10BrF2NO/c1-14-9-3-7(11)6(2-8(9)12)4-13-5-10/h2-3,13H,4-5H2,1H3. The van der Waals surface area contributed by atoms with Gasteiger partial charge in [0.1, 0.15) is 5.82 Å². The number of rotatable bonds is 4. The van der Waals surface area contributed by atoms with Crippen molar-refractivity contribution in [1.29, 1.82) is 0 Å². The molecule has 0 saturated heterocycles. The summed E-state index contributed by atoms with van der Waals surface area (Å²) in [6.07, 6.45) is 0. The lowest BCUT2D eigenvalue weighted by Gasteiger charge is -2.06. The van der Waals surface area contributed by atoms with Crippen LogP contribution in [0.4, 0.5) is 8.78 Å². The summed E-state index contributed by atoms with van der Waals surface area (Å²) < 4.78 is 31.0. The molecule has 2 nitrogen and oxygen atoms in total. The molecule has 1 aromatic rings. The summed E-state index contributed by atoms with van der Waals surface area (Å²) in [5.74, 6) is -1.11. The minimum atomic E-state index is -0.555. The van der Waals surface area contributed by atoms with E-state index in [1.54, 1.807) is 0 Å². The summed E-state index contributed by atoms with van der Waals surface area (Å²) in [4.78, 5) is 0. The van der Waals surface area contributed by atoms with Crippen molar-refractivity contribution in [1.82, 2.24) is 5.32 Å². The second kappa shape index (κ2) is 5.26. The lowest BCUT2D eigenvalue weighted by atomic mass is 10.2. The van der Waals surface area contributed by atoms with Gasteiger partial charge in [-0.2, -0.15) is 0 Å². The molecule has 0 heterocycles.